The number of aryl methyl sites for hydroxylation is 1. The molecule has 0 saturated heterocycles. The van der Waals surface area contributed by atoms with Crippen molar-refractivity contribution in [1.82, 2.24) is 3.53 Å². The Kier molecular flexibility index (Phi) is 3.02. The maximum absolute atomic E-state index is 13.0. The van der Waals surface area contributed by atoms with Crippen molar-refractivity contribution in [3.8, 4) is 0 Å². The van der Waals surface area contributed by atoms with Crippen LogP contribution in [0.25, 0.3) is 0 Å². The van der Waals surface area contributed by atoms with Crippen molar-refractivity contribution >= 4 is 28.8 Å². The summed E-state index contributed by atoms with van der Waals surface area (Å²) in [6, 6.07) is 4.50. The molecule has 1 aromatic carbocycles. The minimum atomic E-state index is -0.482. The fourth-order valence-corrected chi connectivity index (χ4v) is 1.15. The van der Waals surface area contributed by atoms with E-state index in [1.54, 1.807) is 35.9 Å². The number of hydrogen-bond acceptors (Lipinski definition) is 1. The lowest BCUT2D eigenvalue weighted by atomic mass is 10.1. The summed E-state index contributed by atoms with van der Waals surface area (Å²) in [6.07, 6.45) is 0. The van der Waals surface area contributed by atoms with E-state index in [-0.39, 0.29) is 5.56 Å². The third-order valence-corrected chi connectivity index (χ3v) is 1.94. The SMILES string of the molecule is Cc1ccc(C(=O)NI)c(F)c1. The van der Waals surface area contributed by atoms with Crippen LogP contribution in [0.15, 0.2) is 18.2 Å². The largest absolute Gasteiger partial charge is 0.295 e. The molecule has 0 aliphatic rings. The number of rotatable bonds is 1. The highest BCUT2D eigenvalue weighted by Crippen LogP contribution is 2.09. The van der Waals surface area contributed by atoms with E-state index >= 15 is 0 Å². The minimum absolute atomic E-state index is 0.0787. The van der Waals surface area contributed by atoms with Crippen LogP contribution in [0.3, 0.4) is 0 Å². The van der Waals surface area contributed by atoms with E-state index in [0.717, 1.165) is 5.56 Å². The van der Waals surface area contributed by atoms with Crippen molar-refractivity contribution in [2.24, 2.45) is 0 Å². The summed E-state index contributed by atoms with van der Waals surface area (Å²) in [4.78, 5) is 11.0. The first-order chi connectivity index (χ1) is 5.65. The summed E-state index contributed by atoms with van der Waals surface area (Å²) in [7, 11) is 0. The van der Waals surface area contributed by atoms with Crippen LogP contribution in [0.4, 0.5) is 4.39 Å². The van der Waals surface area contributed by atoms with Gasteiger partial charge in [-0.25, -0.2) is 4.39 Å². The summed E-state index contributed by atoms with van der Waals surface area (Å²) < 4.78 is 15.4. The number of benzene rings is 1. The lowest BCUT2D eigenvalue weighted by Gasteiger charge is -2.00. The van der Waals surface area contributed by atoms with Gasteiger partial charge in [-0.1, -0.05) is 6.07 Å². The lowest BCUT2D eigenvalue weighted by Crippen LogP contribution is -2.13. The van der Waals surface area contributed by atoms with Crippen LogP contribution >= 0.6 is 22.9 Å². The molecule has 0 aliphatic heterocycles. The molecule has 2 nitrogen and oxygen atoms in total. The third kappa shape index (κ3) is 1.94. The molecule has 4 heteroatoms. The van der Waals surface area contributed by atoms with Gasteiger partial charge in [0, 0.05) is 0 Å². The van der Waals surface area contributed by atoms with Crippen molar-refractivity contribution in [3.63, 3.8) is 0 Å². The van der Waals surface area contributed by atoms with Crippen LogP contribution in [-0.2, 0) is 0 Å². The van der Waals surface area contributed by atoms with Gasteiger partial charge in [0.05, 0.1) is 28.4 Å². The first kappa shape index (κ1) is 9.44. The van der Waals surface area contributed by atoms with E-state index in [1.165, 1.54) is 12.1 Å². The monoisotopic (exact) mass is 279 g/mol. The molecular weight excluding hydrogens is 272 g/mol. The predicted molar refractivity (Wildman–Crippen MR) is 52.6 cm³/mol. The fourth-order valence-electron chi connectivity index (χ4n) is 0.855. The summed E-state index contributed by atoms with van der Waals surface area (Å²) in [6.45, 7) is 1.77. The molecule has 1 aromatic rings. The average molecular weight is 279 g/mol. The Morgan fingerprint density at radius 3 is 2.75 bits per heavy atom. The zero-order valence-electron chi connectivity index (χ0n) is 6.40. The average Bonchev–Trinajstić information content (AvgIpc) is 2.03. The maximum Gasteiger partial charge on any atom is 0.262 e. The van der Waals surface area contributed by atoms with E-state index < -0.39 is 11.7 Å². The van der Waals surface area contributed by atoms with Crippen LogP contribution in [0.1, 0.15) is 15.9 Å². The normalized spacial score (nSPS) is 9.58. The Bertz CT molecular complexity index is 314. The highest BCUT2D eigenvalue weighted by molar-refractivity contribution is 14.1. The number of carbonyl (C=O) groups is 1. The molecule has 12 heavy (non-hydrogen) atoms. The fraction of sp³-hybridized carbons (Fsp3) is 0.125. The number of hydrogen-bond donors (Lipinski definition) is 1. The van der Waals surface area contributed by atoms with Crippen molar-refractivity contribution in [3.05, 3.63) is 35.1 Å². The number of amides is 1. The second-order valence-corrected chi connectivity index (χ2v) is 2.95. The molecular formula is C8H7FINO. The van der Waals surface area contributed by atoms with Gasteiger partial charge >= 0.3 is 0 Å². The molecule has 0 aromatic heterocycles. The molecule has 1 amide bonds. The molecule has 0 unspecified atom stereocenters. The Hall–Kier alpha value is -0.650. The highest BCUT2D eigenvalue weighted by atomic mass is 127. The molecule has 0 bridgehead atoms. The quantitative estimate of drug-likeness (QED) is 0.619. The molecule has 0 spiro atoms. The molecule has 64 valence electrons. The Balaban J connectivity index is 3.09. The van der Waals surface area contributed by atoms with Gasteiger partial charge in [-0.2, -0.15) is 0 Å². The molecule has 0 atom stereocenters. The minimum Gasteiger partial charge on any atom is -0.295 e. The summed E-state index contributed by atoms with van der Waals surface area (Å²) in [5, 5.41) is 0. The van der Waals surface area contributed by atoms with Crippen LogP contribution < -0.4 is 3.53 Å². The number of carbonyl (C=O) groups excluding carboxylic acids is 1. The lowest BCUT2D eigenvalue weighted by molar-refractivity contribution is 0.0986. The van der Waals surface area contributed by atoms with Gasteiger partial charge in [0.15, 0.2) is 0 Å². The van der Waals surface area contributed by atoms with Crippen LogP contribution in [0, 0.1) is 12.7 Å². The molecule has 0 aliphatic carbocycles. The standard InChI is InChI=1S/C8H7FINO/c1-5-2-3-6(7(9)4-5)8(12)11-10/h2-4H,1H3,(H,11,12). The highest BCUT2D eigenvalue weighted by Gasteiger charge is 2.09. The van der Waals surface area contributed by atoms with Gasteiger partial charge in [-0.3, -0.25) is 8.32 Å². The van der Waals surface area contributed by atoms with E-state index in [2.05, 4.69) is 3.53 Å². The Morgan fingerprint density at radius 2 is 2.25 bits per heavy atom. The van der Waals surface area contributed by atoms with Crippen molar-refractivity contribution in [2.45, 2.75) is 6.92 Å². The van der Waals surface area contributed by atoms with Crippen LogP contribution in [0.5, 0.6) is 0 Å². The third-order valence-electron chi connectivity index (χ3n) is 1.46. The van der Waals surface area contributed by atoms with Gasteiger partial charge in [-0.05, 0) is 24.6 Å². The topological polar surface area (TPSA) is 29.1 Å². The van der Waals surface area contributed by atoms with E-state index in [0.29, 0.717) is 0 Å². The van der Waals surface area contributed by atoms with Gasteiger partial charge in [-0.15, -0.1) is 0 Å². The molecule has 0 saturated carbocycles. The second kappa shape index (κ2) is 3.84. The summed E-state index contributed by atoms with van der Waals surface area (Å²) in [5.41, 5.74) is 0.882. The van der Waals surface area contributed by atoms with Crippen molar-refractivity contribution < 1.29 is 9.18 Å². The van der Waals surface area contributed by atoms with E-state index in [9.17, 15) is 9.18 Å². The van der Waals surface area contributed by atoms with Crippen LogP contribution in [-0.4, -0.2) is 5.91 Å². The number of halogens is 2. The second-order valence-electron chi connectivity index (χ2n) is 2.41. The van der Waals surface area contributed by atoms with Gasteiger partial charge in [0.25, 0.3) is 5.91 Å². The predicted octanol–water partition coefficient (Wildman–Crippen LogP) is 2.21. The zero-order valence-corrected chi connectivity index (χ0v) is 8.55. The maximum atomic E-state index is 13.0. The first-order valence-electron chi connectivity index (χ1n) is 3.32. The molecule has 1 rings (SSSR count). The smallest absolute Gasteiger partial charge is 0.262 e. The van der Waals surface area contributed by atoms with Gasteiger partial charge in [0.1, 0.15) is 5.82 Å². The molecule has 1 N–H and O–H groups in total. The molecule has 0 heterocycles. The van der Waals surface area contributed by atoms with Gasteiger partial charge < -0.3 is 0 Å². The van der Waals surface area contributed by atoms with E-state index in [1.807, 2.05) is 0 Å². The summed E-state index contributed by atoms with van der Waals surface area (Å²) >= 11 is 1.68. The van der Waals surface area contributed by atoms with Crippen molar-refractivity contribution in [2.75, 3.05) is 0 Å². The zero-order chi connectivity index (χ0) is 9.14. The van der Waals surface area contributed by atoms with Crippen molar-refractivity contribution in [1.29, 1.82) is 0 Å². The first-order valence-corrected chi connectivity index (χ1v) is 4.40. The molecule has 0 radical (unpaired) electrons. The Morgan fingerprint density at radius 1 is 1.58 bits per heavy atom. The summed E-state index contributed by atoms with van der Waals surface area (Å²) in [5.74, 6) is -0.891. The number of nitrogens with one attached hydrogen (secondary N) is 1. The van der Waals surface area contributed by atoms with E-state index in [4.69, 9.17) is 0 Å². The van der Waals surface area contributed by atoms with Crippen LogP contribution in [0.2, 0.25) is 0 Å². The Labute approximate surface area is 83.7 Å². The molecule has 0 fully saturated rings. The van der Waals surface area contributed by atoms with Gasteiger partial charge in [0.2, 0.25) is 0 Å².